The first-order valence-electron chi connectivity index (χ1n) is 6.05. The van der Waals surface area contributed by atoms with Crippen molar-refractivity contribution in [1.82, 2.24) is 0 Å². The maximum atomic E-state index is 14.0. The maximum absolute atomic E-state index is 14.0. The average molecular weight is 262 g/mol. The summed E-state index contributed by atoms with van der Waals surface area (Å²) in [6, 6.07) is 2.89. The molecule has 2 aliphatic rings. The molecule has 0 amide bonds. The molecule has 1 aromatic rings. The van der Waals surface area contributed by atoms with Crippen LogP contribution in [-0.4, -0.2) is 23.7 Å². The van der Waals surface area contributed by atoms with E-state index in [-0.39, 0.29) is 5.75 Å². The van der Waals surface area contributed by atoms with Crippen molar-refractivity contribution in [3.8, 4) is 5.75 Å². The molecular weight excluding hydrogens is 247 g/mol. The third-order valence-corrected chi connectivity index (χ3v) is 3.10. The van der Waals surface area contributed by atoms with Gasteiger partial charge in [-0.15, -0.1) is 0 Å². The number of hydrogen-bond donors (Lipinski definition) is 1. The highest BCUT2D eigenvalue weighted by atomic mass is 19.1. The molecule has 2 N–H and O–H groups in total. The van der Waals surface area contributed by atoms with Gasteiger partial charge >= 0.3 is 0 Å². The van der Waals surface area contributed by atoms with Crippen molar-refractivity contribution in [3.05, 3.63) is 17.9 Å². The molecule has 0 saturated carbocycles. The molecule has 5 nitrogen and oxygen atoms in total. The summed E-state index contributed by atoms with van der Waals surface area (Å²) < 4.78 is 19.7. The number of fused-ring (bicyclic) bond motifs is 3. The summed E-state index contributed by atoms with van der Waals surface area (Å²) in [5.74, 6) is 0.341. The fourth-order valence-electron chi connectivity index (χ4n) is 2.28. The van der Waals surface area contributed by atoms with Gasteiger partial charge in [0.25, 0.3) is 0 Å². The molecule has 2 aliphatic heterocycles. The second-order valence-corrected chi connectivity index (χ2v) is 5.25. The van der Waals surface area contributed by atoms with E-state index < -0.39 is 11.4 Å². The fraction of sp³-hybridized carbons (Fsp3) is 0.385. The fourth-order valence-corrected chi connectivity index (χ4v) is 2.28. The number of nitrogens with two attached hydrogens (primary N) is 1. The predicted molar refractivity (Wildman–Crippen MR) is 73.4 cm³/mol. The maximum Gasteiger partial charge on any atom is 0.182 e. The summed E-state index contributed by atoms with van der Waals surface area (Å²) in [6.07, 6.45) is 0. The first-order valence-corrected chi connectivity index (χ1v) is 6.05. The van der Waals surface area contributed by atoms with Gasteiger partial charge in [0.15, 0.2) is 23.0 Å². The Morgan fingerprint density at radius 1 is 1.42 bits per heavy atom. The highest BCUT2D eigenvalue weighted by molar-refractivity contribution is 6.10. The van der Waals surface area contributed by atoms with Crippen molar-refractivity contribution < 1.29 is 9.13 Å². The number of hydrazone groups is 1. The van der Waals surface area contributed by atoms with Gasteiger partial charge in [0, 0.05) is 11.8 Å². The van der Waals surface area contributed by atoms with Crippen molar-refractivity contribution >= 4 is 22.9 Å². The molecule has 0 radical (unpaired) electrons. The zero-order valence-corrected chi connectivity index (χ0v) is 11.1. The summed E-state index contributed by atoms with van der Waals surface area (Å²) in [6.45, 7) is 6.09. The number of hydrogen-bond acceptors (Lipinski definition) is 5. The van der Waals surface area contributed by atoms with Crippen LogP contribution in [0.3, 0.4) is 0 Å². The van der Waals surface area contributed by atoms with Gasteiger partial charge in [0.2, 0.25) is 0 Å². The molecule has 3 rings (SSSR count). The van der Waals surface area contributed by atoms with E-state index in [0.29, 0.717) is 23.8 Å². The number of rotatable bonds is 0. The van der Waals surface area contributed by atoms with Crippen LogP contribution in [0.15, 0.2) is 22.2 Å². The van der Waals surface area contributed by atoms with Gasteiger partial charge in [-0.1, -0.05) is 0 Å². The number of amidine groups is 1. The molecule has 0 bridgehead atoms. The molecule has 6 heteroatoms. The van der Waals surface area contributed by atoms with Gasteiger partial charge in [0.1, 0.15) is 5.69 Å². The number of nitrogens with zero attached hydrogens (tertiary/aromatic N) is 3. The van der Waals surface area contributed by atoms with E-state index in [1.165, 1.54) is 6.07 Å². The average Bonchev–Trinajstić information content (AvgIpc) is 2.30. The van der Waals surface area contributed by atoms with Crippen LogP contribution < -0.4 is 15.5 Å². The summed E-state index contributed by atoms with van der Waals surface area (Å²) in [5.41, 5.74) is 6.65. The van der Waals surface area contributed by atoms with Crippen LogP contribution in [0.5, 0.6) is 5.75 Å². The lowest BCUT2D eigenvalue weighted by Gasteiger charge is -2.40. The van der Waals surface area contributed by atoms with Crippen LogP contribution in [-0.2, 0) is 0 Å². The monoisotopic (exact) mass is 262 g/mol. The quantitative estimate of drug-likeness (QED) is 0.729. The van der Waals surface area contributed by atoms with E-state index in [9.17, 15) is 4.39 Å². The van der Waals surface area contributed by atoms with Gasteiger partial charge in [-0.25, -0.2) is 9.40 Å². The third-order valence-electron chi connectivity index (χ3n) is 3.10. The Morgan fingerprint density at radius 2 is 2.16 bits per heavy atom. The highest BCUT2D eigenvalue weighted by Gasteiger charge is 2.41. The molecule has 100 valence electrons. The molecule has 19 heavy (non-hydrogen) atoms. The Bertz CT molecular complexity index is 621. The van der Waals surface area contributed by atoms with E-state index in [0.717, 1.165) is 5.71 Å². The number of halogens is 1. The Balaban J connectivity index is 2.25. The molecule has 0 aromatic heterocycles. The van der Waals surface area contributed by atoms with Crippen LogP contribution >= 0.6 is 0 Å². The van der Waals surface area contributed by atoms with Crippen molar-refractivity contribution in [2.24, 2.45) is 10.1 Å². The second kappa shape index (κ2) is 3.69. The predicted octanol–water partition coefficient (Wildman–Crippen LogP) is 2.17. The third kappa shape index (κ3) is 1.75. The molecule has 1 aromatic carbocycles. The normalized spacial score (nSPS) is 19.9. The molecule has 0 aliphatic carbocycles. The van der Waals surface area contributed by atoms with Gasteiger partial charge in [-0.05, 0) is 26.8 Å². The van der Waals surface area contributed by atoms with Crippen LogP contribution in [0.25, 0.3) is 0 Å². The topological polar surface area (TPSA) is 63.2 Å². The lowest BCUT2D eigenvalue weighted by atomic mass is 10.0. The smallest absolute Gasteiger partial charge is 0.182 e. The van der Waals surface area contributed by atoms with Crippen molar-refractivity contribution in [2.75, 3.05) is 17.3 Å². The molecular formula is C13H15FN4O. The Morgan fingerprint density at radius 3 is 2.89 bits per heavy atom. The van der Waals surface area contributed by atoms with Crippen molar-refractivity contribution in [2.45, 2.75) is 26.4 Å². The van der Waals surface area contributed by atoms with Gasteiger partial charge in [-0.2, -0.15) is 5.10 Å². The number of nitrogen functional groups attached to an aromatic ring is 1. The summed E-state index contributed by atoms with van der Waals surface area (Å²) >= 11 is 0. The molecule has 2 heterocycles. The van der Waals surface area contributed by atoms with E-state index in [2.05, 4.69) is 10.1 Å². The van der Waals surface area contributed by atoms with E-state index in [4.69, 9.17) is 10.5 Å². The zero-order chi connectivity index (χ0) is 13.8. The minimum atomic E-state index is -0.728. The summed E-state index contributed by atoms with van der Waals surface area (Å²) in [4.78, 5) is 4.47. The number of benzene rings is 1. The largest absolute Gasteiger partial charge is 0.475 e. The van der Waals surface area contributed by atoms with Crippen LogP contribution in [0.1, 0.15) is 20.8 Å². The number of anilines is 2. The van der Waals surface area contributed by atoms with E-state index in [1.54, 1.807) is 11.1 Å². The van der Waals surface area contributed by atoms with Gasteiger partial charge in [0.05, 0.1) is 12.3 Å². The lowest BCUT2D eigenvalue weighted by molar-refractivity contribution is 0.165. The van der Waals surface area contributed by atoms with E-state index in [1.807, 2.05) is 20.8 Å². The first kappa shape index (κ1) is 12.0. The lowest BCUT2D eigenvalue weighted by Crippen LogP contribution is -2.52. The van der Waals surface area contributed by atoms with Crippen LogP contribution in [0.4, 0.5) is 15.8 Å². The highest BCUT2D eigenvalue weighted by Crippen LogP contribution is 2.42. The summed E-state index contributed by atoms with van der Waals surface area (Å²) in [7, 11) is 0. The van der Waals surface area contributed by atoms with Crippen molar-refractivity contribution in [3.63, 3.8) is 0 Å². The Kier molecular flexibility index (Phi) is 2.32. The summed E-state index contributed by atoms with van der Waals surface area (Å²) in [5, 5.41) is 6.06. The molecule has 0 unspecified atom stereocenters. The molecule has 0 spiro atoms. The SMILES string of the molecule is CC1=NN2C(=NC1)C(C)(C)Oc1c(F)cc(N)cc12. The minimum absolute atomic E-state index is 0.164. The standard InChI is InChI=1S/C13H15FN4O/c1-7-6-16-12-13(2,3)19-11-9(14)4-8(15)5-10(11)18(12)17-7/h4-5H,6,15H2,1-3H3. The van der Waals surface area contributed by atoms with Crippen LogP contribution in [0, 0.1) is 5.82 Å². The zero-order valence-electron chi connectivity index (χ0n) is 11.1. The molecule has 0 fully saturated rings. The molecule has 0 saturated heterocycles. The Labute approximate surface area is 110 Å². The Hall–Kier alpha value is -2.11. The van der Waals surface area contributed by atoms with E-state index >= 15 is 0 Å². The van der Waals surface area contributed by atoms with Gasteiger partial charge in [-0.3, -0.25) is 4.99 Å². The number of ether oxygens (including phenoxy) is 1. The number of aliphatic imine (C=N–C) groups is 1. The van der Waals surface area contributed by atoms with Crippen molar-refractivity contribution in [1.29, 1.82) is 0 Å². The van der Waals surface area contributed by atoms with Gasteiger partial charge < -0.3 is 10.5 Å². The minimum Gasteiger partial charge on any atom is -0.475 e. The molecule has 0 atom stereocenters. The second-order valence-electron chi connectivity index (χ2n) is 5.25. The van der Waals surface area contributed by atoms with Crippen LogP contribution in [0.2, 0.25) is 0 Å². The first-order chi connectivity index (χ1) is 8.88.